The Morgan fingerprint density at radius 1 is 1.06 bits per heavy atom. The predicted molar refractivity (Wildman–Crippen MR) is 142 cm³/mol. The number of anilines is 1. The van der Waals surface area contributed by atoms with Crippen LogP contribution in [0.4, 0.5) is 10.1 Å². The number of benzene rings is 1. The molecule has 0 atom stereocenters. The molecule has 180 valence electrons. The minimum Gasteiger partial charge on any atom is -0.367 e. The van der Waals surface area contributed by atoms with E-state index in [0.29, 0.717) is 11.6 Å². The zero-order chi connectivity index (χ0) is 24.3. The van der Waals surface area contributed by atoms with Gasteiger partial charge in [0.15, 0.2) is 5.65 Å². The van der Waals surface area contributed by atoms with Crippen molar-refractivity contribution in [1.82, 2.24) is 24.5 Å². The van der Waals surface area contributed by atoms with E-state index in [1.807, 2.05) is 16.8 Å². The van der Waals surface area contributed by atoms with Gasteiger partial charge in [-0.2, -0.15) is 5.10 Å². The van der Waals surface area contributed by atoms with Crippen molar-refractivity contribution >= 4 is 32.9 Å². The van der Waals surface area contributed by atoms with Crippen LogP contribution in [0, 0.1) is 12.7 Å². The summed E-state index contributed by atoms with van der Waals surface area (Å²) in [4.78, 5) is 13.5. The van der Waals surface area contributed by atoms with Gasteiger partial charge in [0, 0.05) is 42.8 Å². The number of hydrogen-bond donors (Lipinski definition) is 1. The lowest BCUT2D eigenvalue weighted by atomic mass is 9.99. The average molecular weight is 489 g/mol. The van der Waals surface area contributed by atoms with Gasteiger partial charge < -0.3 is 14.8 Å². The molecule has 0 aliphatic carbocycles. The first-order chi connectivity index (χ1) is 16.9. The van der Waals surface area contributed by atoms with E-state index in [0.717, 1.165) is 64.6 Å². The van der Waals surface area contributed by atoms with Crippen LogP contribution in [0.15, 0.2) is 42.9 Å². The van der Waals surface area contributed by atoms with Crippen molar-refractivity contribution in [2.45, 2.75) is 26.7 Å². The normalized spacial score (nSPS) is 15.2. The monoisotopic (exact) mass is 488 g/mol. The van der Waals surface area contributed by atoms with Gasteiger partial charge in [-0.15, -0.1) is 11.3 Å². The van der Waals surface area contributed by atoms with E-state index in [2.05, 4.69) is 70.9 Å². The molecule has 1 N–H and O–H groups in total. The van der Waals surface area contributed by atoms with Crippen molar-refractivity contribution in [1.29, 1.82) is 0 Å². The molecule has 6 rings (SSSR count). The Morgan fingerprint density at radius 3 is 2.60 bits per heavy atom. The SMILES string of the molecule is Cc1cc(-c2[nH]c3cc(-c4ccc(N5CCN(C)CC5)c(F)c4)sc3c2C(C)C)cn2ncnc12. The summed E-state index contributed by atoms with van der Waals surface area (Å²) in [6, 6.07) is 10.0. The van der Waals surface area contributed by atoms with Gasteiger partial charge in [0.25, 0.3) is 0 Å². The highest BCUT2D eigenvalue weighted by atomic mass is 32.1. The number of nitrogens with zero attached hydrogens (tertiary/aromatic N) is 5. The lowest BCUT2D eigenvalue weighted by molar-refractivity contribution is 0.311. The molecule has 0 bridgehead atoms. The van der Waals surface area contributed by atoms with Gasteiger partial charge in [-0.3, -0.25) is 0 Å². The summed E-state index contributed by atoms with van der Waals surface area (Å²) >= 11 is 1.73. The summed E-state index contributed by atoms with van der Waals surface area (Å²) < 4.78 is 18.2. The number of piperazine rings is 1. The molecule has 1 saturated heterocycles. The fourth-order valence-corrected chi connectivity index (χ4v) is 6.42. The molecule has 6 nitrogen and oxygen atoms in total. The van der Waals surface area contributed by atoms with Crippen molar-refractivity contribution in [3.63, 3.8) is 0 Å². The third-order valence-electron chi connectivity index (χ3n) is 7.01. The highest BCUT2D eigenvalue weighted by Gasteiger charge is 2.22. The van der Waals surface area contributed by atoms with Crippen LogP contribution in [-0.2, 0) is 0 Å². The van der Waals surface area contributed by atoms with Gasteiger partial charge >= 0.3 is 0 Å². The van der Waals surface area contributed by atoms with Gasteiger partial charge in [-0.1, -0.05) is 19.9 Å². The Bertz CT molecular complexity index is 1540. The number of aromatic amines is 1. The van der Waals surface area contributed by atoms with Crippen LogP contribution < -0.4 is 4.90 Å². The summed E-state index contributed by atoms with van der Waals surface area (Å²) in [6.07, 6.45) is 3.62. The molecular formula is C27H29FN6S. The topological polar surface area (TPSA) is 52.5 Å². The molecule has 1 aliphatic heterocycles. The summed E-state index contributed by atoms with van der Waals surface area (Å²) in [7, 11) is 2.11. The van der Waals surface area contributed by atoms with Crippen molar-refractivity contribution in [2.75, 3.05) is 38.1 Å². The third kappa shape index (κ3) is 3.81. The van der Waals surface area contributed by atoms with Gasteiger partial charge in [0.1, 0.15) is 12.1 Å². The first-order valence-corrected chi connectivity index (χ1v) is 12.9. The Morgan fingerprint density at radius 2 is 1.86 bits per heavy atom. The number of halogens is 1. The Kier molecular flexibility index (Phi) is 5.38. The quantitative estimate of drug-likeness (QED) is 0.341. The number of H-pyrrole nitrogens is 1. The molecule has 0 unspecified atom stereocenters. The Labute approximate surface area is 208 Å². The zero-order valence-electron chi connectivity index (χ0n) is 20.5. The summed E-state index contributed by atoms with van der Waals surface area (Å²) in [6.45, 7) is 10.1. The van der Waals surface area contributed by atoms with E-state index < -0.39 is 0 Å². The van der Waals surface area contributed by atoms with Crippen molar-refractivity contribution < 1.29 is 4.39 Å². The number of likely N-dealkylation sites (N-methyl/N-ethyl adjacent to an activating group) is 1. The maximum absolute atomic E-state index is 15.2. The Balaban J connectivity index is 1.38. The molecule has 5 heterocycles. The van der Waals surface area contributed by atoms with Crippen molar-refractivity contribution in [2.24, 2.45) is 0 Å². The van der Waals surface area contributed by atoms with Crippen LogP contribution in [0.5, 0.6) is 0 Å². The van der Waals surface area contributed by atoms with E-state index in [1.165, 1.54) is 10.3 Å². The van der Waals surface area contributed by atoms with Gasteiger partial charge in [0.2, 0.25) is 0 Å². The summed E-state index contributed by atoms with van der Waals surface area (Å²) in [5.41, 5.74) is 8.16. The second-order valence-corrected chi connectivity index (χ2v) is 10.9. The average Bonchev–Trinajstić information content (AvgIpc) is 3.54. The molecule has 4 aromatic heterocycles. The number of pyridine rings is 1. The molecule has 0 amide bonds. The van der Waals surface area contributed by atoms with E-state index in [-0.39, 0.29) is 5.82 Å². The van der Waals surface area contributed by atoms with Crippen LogP contribution >= 0.6 is 11.3 Å². The number of thiophene rings is 1. The molecule has 5 aromatic rings. The minimum atomic E-state index is -0.148. The lowest BCUT2D eigenvalue weighted by Gasteiger charge is -2.34. The third-order valence-corrected chi connectivity index (χ3v) is 8.22. The first kappa shape index (κ1) is 22.2. The number of fused-ring (bicyclic) bond motifs is 2. The van der Waals surface area contributed by atoms with Gasteiger partial charge in [-0.05, 0) is 60.8 Å². The van der Waals surface area contributed by atoms with Crippen molar-refractivity contribution in [3.05, 3.63) is 59.8 Å². The zero-order valence-corrected chi connectivity index (χ0v) is 21.3. The minimum absolute atomic E-state index is 0.148. The highest BCUT2D eigenvalue weighted by molar-refractivity contribution is 7.22. The number of rotatable bonds is 4. The number of aromatic nitrogens is 4. The fraction of sp³-hybridized carbons (Fsp3) is 0.333. The number of aryl methyl sites for hydroxylation is 1. The van der Waals surface area contributed by atoms with Crippen LogP contribution in [0.25, 0.3) is 37.6 Å². The van der Waals surface area contributed by atoms with E-state index in [9.17, 15) is 0 Å². The second kappa shape index (κ2) is 8.46. The van der Waals surface area contributed by atoms with E-state index in [1.54, 1.807) is 23.7 Å². The lowest BCUT2D eigenvalue weighted by Crippen LogP contribution is -2.44. The molecule has 35 heavy (non-hydrogen) atoms. The molecular weight excluding hydrogens is 459 g/mol. The number of nitrogens with one attached hydrogen (secondary N) is 1. The summed E-state index contributed by atoms with van der Waals surface area (Å²) in [5, 5.41) is 4.34. The maximum Gasteiger partial charge on any atom is 0.158 e. The van der Waals surface area contributed by atoms with E-state index >= 15 is 4.39 Å². The number of hydrogen-bond acceptors (Lipinski definition) is 5. The largest absolute Gasteiger partial charge is 0.367 e. The van der Waals surface area contributed by atoms with Crippen LogP contribution in [0.1, 0.15) is 30.9 Å². The smallest absolute Gasteiger partial charge is 0.158 e. The molecule has 0 spiro atoms. The van der Waals surface area contributed by atoms with E-state index in [4.69, 9.17) is 0 Å². The molecule has 0 radical (unpaired) electrons. The molecule has 1 aliphatic rings. The van der Waals surface area contributed by atoms with Crippen molar-refractivity contribution in [3.8, 4) is 21.7 Å². The van der Waals surface area contributed by atoms with Crippen LogP contribution in [-0.4, -0.2) is 57.7 Å². The predicted octanol–water partition coefficient (Wildman–Crippen LogP) is 5.93. The molecule has 1 fully saturated rings. The first-order valence-electron chi connectivity index (χ1n) is 12.1. The standard InChI is InChI=1S/C27H29FN6S/c1-16(2)24-25(19-11-17(3)27-29-15-30-34(27)14-19)31-21-13-23(35-26(21)24)18-5-6-22(20(28)12-18)33-9-7-32(4)8-10-33/h5-6,11-16,31H,7-10H2,1-4H3. The van der Waals surface area contributed by atoms with Gasteiger partial charge in [0.05, 0.1) is 21.6 Å². The fourth-order valence-electron chi connectivity index (χ4n) is 5.11. The summed E-state index contributed by atoms with van der Waals surface area (Å²) in [5.74, 6) is 0.179. The molecule has 0 saturated carbocycles. The maximum atomic E-state index is 15.2. The second-order valence-electron chi connectivity index (χ2n) is 9.82. The van der Waals surface area contributed by atoms with Gasteiger partial charge in [-0.25, -0.2) is 13.9 Å². The van der Waals surface area contributed by atoms with Crippen LogP contribution in [0.2, 0.25) is 0 Å². The molecule has 1 aromatic carbocycles. The molecule has 8 heteroatoms. The van der Waals surface area contributed by atoms with Crippen LogP contribution in [0.3, 0.4) is 0 Å². The highest BCUT2D eigenvalue weighted by Crippen LogP contribution is 2.43. The Hall–Kier alpha value is -3.23.